The first-order valence-electron chi connectivity index (χ1n) is 13.7. The second kappa shape index (κ2) is 12.1. The van der Waals surface area contributed by atoms with Crippen molar-refractivity contribution in [3.8, 4) is 5.75 Å². The summed E-state index contributed by atoms with van der Waals surface area (Å²) in [7, 11) is 1.66. The first-order chi connectivity index (χ1) is 19.7. The van der Waals surface area contributed by atoms with E-state index < -0.39 is 0 Å². The lowest BCUT2D eigenvalue weighted by Crippen LogP contribution is -2.37. The summed E-state index contributed by atoms with van der Waals surface area (Å²) in [5, 5.41) is 0. The Hall–Kier alpha value is -3.81. The fraction of sp³-hybridized carbons (Fsp3) is 0.273. The molecule has 2 aliphatic rings. The number of rotatable bonds is 9. The van der Waals surface area contributed by atoms with Gasteiger partial charge in [-0.1, -0.05) is 60.7 Å². The van der Waals surface area contributed by atoms with Crippen LogP contribution in [-0.2, 0) is 17.7 Å². The molecule has 1 unspecified atom stereocenters. The van der Waals surface area contributed by atoms with Gasteiger partial charge in [0.15, 0.2) is 0 Å². The molecule has 1 fully saturated rings. The minimum absolute atomic E-state index is 0.0396. The van der Waals surface area contributed by atoms with Gasteiger partial charge in [-0.15, -0.1) is 11.8 Å². The van der Waals surface area contributed by atoms with Crippen molar-refractivity contribution in [2.24, 2.45) is 0 Å². The minimum Gasteiger partial charge on any atom is -0.497 e. The van der Waals surface area contributed by atoms with Crippen LogP contribution >= 0.6 is 11.8 Å². The number of carbonyl (C=O) groups excluding carboxylic acids is 1. The summed E-state index contributed by atoms with van der Waals surface area (Å²) in [4.78, 5) is 24.9. The molecule has 1 atom stereocenters. The Bertz CT molecular complexity index is 1440. The topological polar surface area (TPSA) is 54.9 Å². The maximum absolute atomic E-state index is 14.1. The third-order valence-corrected chi connectivity index (χ3v) is 8.61. The van der Waals surface area contributed by atoms with Crippen molar-refractivity contribution in [3.05, 3.63) is 119 Å². The van der Waals surface area contributed by atoms with E-state index in [1.54, 1.807) is 18.9 Å². The number of thioether (sulfide) groups is 1. The van der Waals surface area contributed by atoms with Crippen LogP contribution in [0.1, 0.15) is 38.9 Å². The number of pyridine rings is 1. The van der Waals surface area contributed by atoms with E-state index in [4.69, 9.17) is 14.5 Å². The highest BCUT2D eigenvalue weighted by Gasteiger charge is 2.39. The van der Waals surface area contributed by atoms with E-state index >= 15 is 0 Å². The van der Waals surface area contributed by atoms with Gasteiger partial charge in [-0.3, -0.25) is 9.78 Å². The van der Waals surface area contributed by atoms with Gasteiger partial charge in [0.05, 0.1) is 49.0 Å². The average molecular weight is 552 g/mol. The van der Waals surface area contributed by atoms with Gasteiger partial charge in [0.1, 0.15) is 5.75 Å². The van der Waals surface area contributed by atoms with Gasteiger partial charge >= 0.3 is 0 Å². The van der Waals surface area contributed by atoms with Crippen molar-refractivity contribution in [1.82, 2.24) is 9.88 Å². The lowest BCUT2D eigenvalue weighted by atomic mass is 10.0. The van der Waals surface area contributed by atoms with Gasteiger partial charge in [0.25, 0.3) is 5.91 Å². The Balaban J connectivity index is 1.39. The van der Waals surface area contributed by atoms with Gasteiger partial charge in [-0.25, -0.2) is 0 Å². The van der Waals surface area contributed by atoms with Crippen molar-refractivity contribution in [2.45, 2.75) is 23.9 Å². The van der Waals surface area contributed by atoms with E-state index in [1.807, 2.05) is 41.3 Å². The first kappa shape index (κ1) is 26.4. The van der Waals surface area contributed by atoms with Crippen molar-refractivity contribution < 1.29 is 14.3 Å². The monoisotopic (exact) mass is 551 g/mol. The van der Waals surface area contributed by atoms with E-state index in [0.29, 0.717) is 31.7 Å². The number of hydrogen-bond acceptors (Lipinski definition) is 6. The fourth-order valence-corrected chi connectivity index (χ4v) is 6.43. The minimum atomic E-state index is -0.136. The van der Waals surface area contributed by atoms with Crippen LogP contribution in [0, 0.1) is 0 Å². The number of carbonyl (C=O) groups is 1. The molecule has 3 heterocycles. The number of nitrogens with zero attached hydrogens (tertiary/aromatic N) is 3. The largest absolute Gasteiger partial charge is 0.497 e. The molecule has 40 heavy (non-hydrogen) atoms. The number of ether oxygens (including phenoxy) is 2. The zero-order valence-electron chi connectivity index (χ0n) is 22.7. The molecule has 0 N–H and O–H groups in total. The number of amides is 1. The van der Waals surface area contributed by atoms with Crippen LogP contribution < -0.4 is 9.64 Å². The van der Waals surface area contributed by atoms with Gasteiger partial charge in [-0.05, 0) is 41.5 Å². The molecule has 7 heteroatoms. The lowest BCUT2D eigenvalue weighted by Gasteiger charge is -2.30. The smallest absolute Gasteiger partial charge is 0.256 e. The predicted molar refractivity (Wildman–Crippen MR) is 159 cm³/mol. The quantitative estimate of drug-likeness (QED) is 0.238. The lowest BCUT2D eigenvalue weighted by molar-refractivity contribution is 0.0725. The molecule has 4 aromatic rings. The molecular weight excluding hydrogens is 518 g/mol. The van der Waals surface area contributed by atoms with Crippen LogP contribution in [0.25, 0.3) is 0 Å². The Kier molecular flexibility index (Phi) is 8.02. The summed E-state index contributed by atoms with van der Waals surface area (Å²) in [6, 6.07) is 30.7. The zero-order valence-corrected chi connectivity index (χ0v) is 23.5. The van der Waals surface area contributed by atoms with E-state index in [2.05, 4.69) is 59.5 Å². The van der Waals surface area contributed by atoms with E-state index in [1.165, 1.54) is 10.5 Å². The SMILES string of the molecule is COc1ccc(CN2C(=O)c3cc(N4CCOCC4)c(Cc4ccccc4)nc3C2CSc2ccccc2)cc1. The molecule has 0 aliphatic carbocycles. The van der Waals surface area contributed by atoms with E-state index in [9.17, 15) is 4.79 Å². The molecule has 6 rings (SSSR count). The fourth-order valence-electron chi connectivity index (χ4n) is 5.39. The van der Waals surface area contributed by atoms with Crippen LogP contribution in [0.3, 0.4) is 0 Å². The Morgan fingerprint density at radius 3 is 2.33 bits per heavy atom. The van der Waals surface area contributed by atoms with Crippen molar-refractivity contribution in [3.63, 3.8) is 0 Å². The average Bonchev–Trinajstić information content (AvgIpc) is 3.26. The second-order valence-corrected chi connectivity index (χ2v) is 11.2. The highest BCUT2D eigenvalue weighted by molar-refractivity contribution is 7.99. The van der Waals surface area contributed by atoms with Gasteiger partial charge in [0.2, 0.25) is 0 Å². The third kappa shape index (κ3) is 5.71. The summed E-state index contributed by atoms with van der Waals surface area (Å²) in [6.45, 7) is 3.45. The molecular formula is C33H33N3O3S. The molecule has 2 aliphatic heterocycles. The standard InChI is InChI=1S/C33H33N3O3S/c1-38-26-14-12-25(13-15-26)22-36-31(23-40-27-10-6-3-7-11-27)32-28(33(36)37)21-30(35-16-18-39-19-17-35)29(34-32)20-24-8-4-2-5-9-24/h2-15,21,31H,16-20,22-23H2,1H3. The Morgan fingerprint density at radius 2 is 1.62 bits per heavy atom. The van der Waals surface area contributed by atoms with Crippen molar-refractivity contribution in [1.29, 1.82) is 0 Å². The predicted octanol–water partition coefficient (Wildman–Crippen LogP) is 6.01. The Labute approximate surface area is 239 Å². The summed E-state index contributed by atoms with van der Waals surface area (Å²) < 4.78 is 11.0. The highest BCUT2D eigenvalue weighted by Crippen LogP contribution is 2.40. The molecule has 0 spiro atoms. The van der Waals surface area contributed by atoms with Gasteiger partial charge in [0, 0.05) is 36.7 Å². The highest BCUT2D eigenvalue weighted by atomic mass is 32.2. The molecule has 6 nitrogen and oxygen atoms in total. The number of aromatic nitrogens is 1. The molecule has 1 aromatic heterocycles. The normalized spacial score (nSPS) is 16.7. The molecule has 204 valence electrons. The number of benzene rings is 3. The van der Waals surface area contributed by atoms with Crippen molar-refractivity contribution in [2.75, 3.05) is 44.1 Å². The summed E-state index contributed by atoms with van der Waals surface area (Å²) >= 11 is 1.76. The van der Waals surface area contributed by atoms with Gasteiger partial charge in [-0.2, -0.15) is 0 Å². The molecule has 3 aromatic carbocycles. The van der Waals surface area contributed by atoms with Crippen LogP contribution in [0.15, 0.2) is 95.9 Å². The van der Waals surface area contributed by atoms with Crippen LogP contribution in [0.4, 0.5) is 5.69 Å². The van der Waals surface area contributed by atoms with Crippen LogP contribution in [0.2, 0.25) is 0 Å². The molecule has 0 bridgehead atoms. The van der Waals surface area contributed by atoms with Crippen LogP contribution in [-0.4, -0.2) is 55.0 Å². The third-order valence-electron chi connectivity index (χ3n) is 7.52. The zero-order chi connectivity index (χ0) is 27.3. The molecule has 0 saturated carbocycles. The number of anilines is 1. The molecule has 0 radical (unpaired) electrons. The molecule has 1 amide bonds. The van der Waals surface area contributed by atoms with Gasteiger partial charge < -0.3 is 19.3 Å². The summed E-state index contributed by atoms with van der Waals surface area (Å²) in [5.41, 5.74) is 5.92. The first-order valence-corrected chi connectivity index (χ1v) is 14.7. The number of hydrogen-bond donors (Lipinski definition) is 0. The maximum atomic E-state index is 14.1. The van der Waals surface area contributed by atoms with Crippen molar-refractivity contribution >= 4 is 23.4 Å². The molecule has 1 saturated heterocycles. The second-order valence-electron chi connectivity index (χ2n) is 10.1. The maximum Gasteiger partial charge on any atom is 0.256 e. The number of morpholine rings is 1. The summed E-state index contributed by atoms with van der Waals surface area (Å²) in [6.07, 6.45) is 0.714. The van der Waals surface area contributed by atoms with E-state index in [0.717, 1.165) is 47.2 Å². The van der Waals surface area contributed by atoms with Crippen LogP contribution in [0.5, 0.6) is 5.75 Å². The number of methoxy groups -OCH3 is 1. The number of fused-ring (bicyclic) bond motifs is 1. The summed E-state index contributed by atoms with van der Waals surface area (Å²) in [5.74, 6) is 1.57. The Morgan fingerprint density at radius 1 is 0.925 bits per heavy atom. The van der Waals surface area contributed by atoms with E-state index in [-0.39, 0.29) is 11.9 Å².